The van der Waals surface area contributed by atoms with Crippen molar-refractivity contribution in [3.05, 3.63) is 77.1 Å². The lowest BCUT2D eigenvalue weighted by Crippen LogP contribution is -2.39. The minimum Gasteiger partial charge on any atom is -0.496 e. The fourth-order valence-electron chi connectivity index (χ4n) is 4.46. The van der Waals surface area contributed by atoms with Crippen molar-refractivity contribution in [3.63, 3.8) is 0 Å². The van der Waals surface area contributed by atoms with Gasteiger partial charge in [-0.15, -0.1) is 0 Å². The molecule has 0 N–H and O–H groups in total. The number of esters is 1. The van der Waals surface area contributed by atoms with Crippen molar-refractivity contribution < 1.29 is 23.4 Å². The van der Waals surface area contributed by atoms with Crippen molar-refractivity contribution in [1.82, 2.24) is 4.57 Å². The number of methoxy groups -OCH3 is 1. The summed E-state index contributed by atoms with van der Waals surface area (Å²) in [6.07, 6.45) is 1.72. The highest BCUT2D eigenvalue weighted by Gasteiger charge is 2.33. The Balaban J connectivity index is 1.62. The predicted octanol–water partition coefficient (Wildman–Crippen LogP) is 3.00. The molecule has 2 aliphatic rings. The van der Waals surface area contributed by atoms with Crippen LogP contribution in [0.3, 0.4) is 0 Å². The Labute approximate surface area is 225 Å². The van der Waals surface area contributed by atoms with Gasteiger partial charge in [-0.1, -0.05) is 17.4 Å². The molecule has 0 saturated carbocycles. The Hall–Kier alpha value is -3.15. The van der Waals surface area contributed by atoms with E-state index in [2.05, 4.69) is 25.8 Å². The standard InChI is InChI=1S/C26H26BrN3O6S/c1-4-35-25(32)22-15(2)28-26-30(23(22)16-5-7-19(33-3)18(27)13-16)24(31)20(37-26)14-17-6-8-21(36-17)29-9-11-34-12-10-29/h5-8,13-14,23H,4,9-12H2,1-3H3/b20-14-/t23-/m0/s1. The number of carbonyl (C=O) groups excluding carboxylic acids is 1. The van der Waals surface area contributed by atoms with Gasteiger partial charge in [-0.2, -0.15) is 0 Å². The van der Waals surface area contributed by atoms with Crippen LogP contribution in [0.15, 0.2) is 60.3 Å². The van der Waals surface area contributed by atoms with Crippen molar-refractivity contribution in [3.8, 4) is 5.75 Å². The molecule has 2 aromatic heterocycles. The summed E-state index contributed by atoms with van der Waals surface area (Å²) < 4.78 is 24.9. The number of rotatable bonds is 6. The molecule has 1 aromatic carbocycles. The monoisotopic (exact) mass is 587 g/mol. The van der Waals surface area contributed by atoms with Gasteiger partial charge >= 0.3 is 5.97 Å². The topological polar surface area (TPSA) is 95.5 Å². The van der Waals surface area contributed by atoms with E-state index in [9.17, 15) is 9.59 Å². The van der Waals surface area contributed by atoms with Crippen LogP contribution in [0.1, 0.15) is 31.2 Å². The summed E-state index contributed by atoms with van der Waals surface area (Å²) in [6.45, 7) is 6.52. The van der Waals surface area contributed by atoms with Gasteiger partial charge in [0.2, 0.25) is 0 Å². The van der Waals surface area contributed by atoms with Gasteiger partial charge in [-0.25, -0.2) is 9.79 Å². The lowest BCUT2D eigenvalue weighted by molar-refractivity contribution is -0.139. The molecule has 3 aromatic rings. The molecule has 0 bridgehead atoms. The van der Waals surface area contributed by atoms with Crippen LogP contribution in [-0.4, -0.2) is 50.6 Å². The number of benzene rings is 1. The Bertz CT molecular complexity index is 1550. The van der Waals surface area contributed by atoms with Gasteiger partial charge in [0.15, 0.2) is 10.7 Å². The van der Waals surface area contributed by atoms with Crippen molar-refractivity contribution in [2.75, 3.05) is 44.9 Å². The van der Waals surface area contributed by atoms with Gasteiger partial charge in [0.05, 0.1) is 53.2 Å². The van der Waals surface area contributed by atoms with E-state index >= 15 is 0 Å². The minimum absolute atomic E-state index is 0.211. The molecule has 1 atom stereocenters. The van der Waals surface area contributed by atoms with Gasteiger partial charge < -0.3 is 23.5 Å². The van der Waals surface area contributed by atoms with E-state index in [1.54, 1.807) is 37.7 Å². The maximum atomic E-state index is 13.8. The lowest BCUT2D eigenvalue weighted by Gasteiger charge is -2.26. The lowest BCUT2D eigenvalue weighted by atomic mass is 9.96. The number of hydrogen-bond donors (Lipinski definition) is 0. The number of allylic oxidation sites excluding steroid dienone is 1. The number of halogens is 1. The van der Waals surface area contributed by atoms with Gasteiger partial charge in [0.1, 0.15) is 11.5 Å². The number of hydrogen-bond acceptors (Lipinski definition) is 9. The first-order chi connectivity index (χ1) is 17.9. The molecule has 11 heteroatoms. The average molecular weight is 588 g/mol. The Morgan fingerprint density at radius 2 is 2.05 bits per heavy atom. The summed E-state index contributed by atoms with van der Waals surface area (Å²) in [5, 5.41) is 0. The summed E-state index contributed by atoms with van der Waals surface area (Å²) in [5.74, 6) is 1.44. The van der Waals surface area contributed by atoms with E-state index < -0.39 is 12.0 Å². The van der Waals surface area contributed by atoms with Crippen molar-refractivity contribution in [2.45, 2.75) is 19.9 Å². The van der Waals surface area contributed by atoms with Crippen LogP contribution >= 0.6 is 27.3 Å². The van der Waals surface area contributed by atoms with E-state index in [0.717, 1.165) is 24.5 Å². The number of aromatic nitrogens is 1. The molecule has 0 amide bonds. The highest BCUT2D eigenvalue weighted by Crippen LogP contribution is 2.35. The molecular weight excluding hydrogens is 562 g/mol. The first-order valence-electron chi connectivity index (χ1n) is 11.9. The summed E-state index contributed by atoms with van der Waals surface area (Å²) in [4.78, 5) is 34.0. The van der Waals surface area contributed by atoms with Crippen molar-refractivity contribution in [2.24, 2.45) is 4.99 Å². The number of thiazole rings is 1. The third kappa shape index (κ3) is 4.90. The molecule has 0 unspecified atom stereocenters. The number of fused-ring (bicyclic) bond motifs is 1. The van der Waals surface area contributed by atoms with Crippen LogP contribution in [0.5, 0.6) is 5.75 Å². The average Bonchev–Trinajstić information content (AvgIpc) is 3.48. The Kier molecular flexibility index (Phi) is 7.36. The van der Waals surface area contributed by atoms with Crippen LogP contribution < -0.4 is 24.5 Å². The van der Waals surface area contributed by atoms with Crippen LogP contribution in [0, 0.1) is 0 Å². The van der Waals surface area contributed by atoms with E-state index in [0.29, 0.717) is 49.8 Å². The van der Waals surface area contributed by atoms with Gasteiger partial charge in [0.25, 0.3) is 5.56 Å². The smallest absolute Gasteiger partial charge is 0.338 e. The molecule has 4 heterocycles. The molecular formula is C26H26BrN3O6S. The van der Waals surface area contributed by atoms with Crippen LogP contribution in [0.4, 0.5) is 5.88 Å². The Morgan fingerprint density at radius 1 is 1.27 bits per heavy atom. The third-order valence-corrected chi connectivity index (χ3v) is 7.82. The van der Waals surface area contributed by atoms with Gasteiger partial charge in [-0.05, 0) is 53.5 Å². The second-order valence-corrected chi connectivity index (χ2v) is 10.3. The van der Waals surface area contributed by atoms with E-state index in [1.807, 2.05) is 24.3 Å². The number of ether oxygens (including phenoxy) is 3. The number of nitrogens with zero attached hydrogens (tertiary/aromatic N) is 3. The second-order valence-electron chi connectivity index (χ2n) is 8.47. The summed E-state index contributed by atoms with van der Waals surface area (Å²) in [5.41, 5.74) is 1.30. The normalized spacial score (nSPS) is 18.0. The molecule has 0 radical (unpaired) electrons. The minimum atomic E-state index is -0.708. The zero-order valence-corrected chi connectivity index (χ0v) is 23.1. The zero-order chi connectivity index (χ0) is 26.1. The second kappa shape index (κ2) is 10.7. The fraction of sp³-hybridized carbons (Fsp3) is 0.346. The molecule has 194 valence electrons. The molecule has 9 nitrogen and oxygen atoms in total. The van der Waals surface area contributed by atoms with E-state index in [-0.39, 0.29) is 12.2 Å². The molecule has 0 aliphatic carbocycles. The number of morpholine rings is 1. The van der Waals surface area contributed by atoms with Crippen LogP contribution in [0.25, 0.3) is 6.08 Å². The number of anilines is 1. The Morgan fingerprint density at radius 3 is 2.76 bits per heavy atom. The van der Waals surface area contributed by atoms with Gasteiger partial charge in [-0.3, -0.25) is 9.36 Å². The van der Waals surface area contributed by atoms with Gasteiger partial charge in [0, 0.05) is 25.2 Å². The zero-order valence-electron chi connectivity index (χ0n) is 20.7. The molecule has 2 aliphatic heterocycles. The molecule has 37 heavy (non-hydrogen) atoms. The largest absolute Gasteiger partial charge is 0.496 e. The third-order valence-electron chi connectivity index (χ3n) is 6.22. The summed E-state index contributed by atoms with van der Waals surface area (Å²) >= 11 is 4.78. The maximum Gasteiger partial charge on any atom is 0.338 e. The first kappa shape index (κ1) is 25.5. The molecule has 1 saturated heterocycles. The van der Waals surface area contributed by atoms with Crippen molar-refractivity contribution >= 4 is 45.2 Å². The highest BCUT2D eigenvalue weighted by atomic mass is 79.9. The number of furan rings is 1. The molecule has 1 fully saturated rings. The maximum absolute atomic E-state index is 13.8. The van der Waals surface area contributed by atoms with Crippen LogP contribution in [-0.2, 0) is 14.3 Å². The molecule has 5 rings (SSSR count). The fourth-order valence-corrected chi connectivity index (χ4v) is 6.05. The number of carbonyl (C=O) groups is 1. The predicted molar refractivity (Wildman–Crippen MR) is 143 cm³/mol. The summed E-state index contributed by atoms with van der Waals surface area (Å²) in [7, 11) is 1.58. The van der Waals surface area contributed by atoms with Crippen molar-refractivity contribution in [1.29, 1.82) is 0 Å². The van der Waals surface area contributed by atoms with E-state index in [1.165, 1.54) is 11.3 Å². The quantitative estimate of drug-likeness (QED) is 0.409. The SMILES string of the molecule is CCOC(=O)C1=C(C)N=c2s/c(=C\c3ccc(N4CCOCC4)o3)c(=O)n2[C@H]1c1ccc(OC)c(Br)c1. The van der Waals surface area contributed by atoms with Crippen LogP contribution in [0.2, 0.25) is 0 Å². The molecule has 0 spiro atoms. The van der Waals surface area contributed by atoms with E-state index in [4.69, 9.17) is 18.6 Å². The summed E-state index contributed by atoms with van der Waals surface area (Å²) in [6, 6.07) is 8.51. The first-order valence-corrected chi connectivity index (χ1v) is 13.5. The highest BCUT2D eigenvalue weighted by molar-refractivity contribution is 9.10.